The van der Waals surface area contributed by atoms with Crippen molar-refractivity contribution in [3.8, 4) is 16.9 Å². The van der Waals surface area contributed by atoms with Gasteiger partial charge in [0.25, 0.3) is 0 Å². The lowest BCUT2D eigenvalue weighted by Gasteiger charge is -2.07. The Hall–Kier alpha value is -2.36. The van der Waals surface area contributed by atoms with Crippen LogP contribution in [0.5, 0.6) is 5.75 Å². The quantitative estimate of drug-likeness (QED) is 0.690. The van der Waals surface area contributed by atoms with Gasteiger partial charge >= 0.3 is 0 Å². The average molecular weight is 240 g/mol. The monoisotopic (exact) mass is 240 g/mol. The van der Waals surface area contributed by atoms with Gasteiger partial charge in [-0.25, -0.2) is 4.98 Å². The molecule has 0 aliphatic carbocycles. The first-order chi connectivity index (χ1) is 8.78. The lowest BCUT2D eigenvalue weighted by atomic mass is 10.1. The van der Waals surface area contributed by atoms with Gasteiger partial charge in [0.15, 0.2) is 17.1 Å². The summed E-state index contributed by atoms with van der Waals surface area (Å²) in [7, 11) is 1.66. The molecular weight excluding hydrogens is 228 g/mol. The van der Waals surface area contributed by atoms with Crippen LogP contribution in [0.1, 0.15) is 5.89 Å². The van der Waals surface area contributed by atoms with Gasteiger partial charge in [-0.2, -0.15) is 4.98 Å². The molecule has 0 aliphatic heterocycles. The van der Waals surface area contributed by atoms with Crippen molar-refractivity contribution in [2.45, 2.75) is 6.92 Å². The predicted molar refractivity (Wildman–Crippen MR) is 68.5 cm³/mol. The Balaban J connectivity index is 2.18. The Labute approximate surface area is 104 Å². The Morgan fingerprint density at radius 2 is 2.06 bits per heavy atom. The molecule has 1 aromatic carbocycles. The first kappa shape index (κ1) is 10.8. The minimum absolute atomic E-state index is 0.620. The second kappa shape index (κ2) is 4.14. The van der Waals surface area contributed by atoms with Crippen molar-refractivity contribution in [3.63, 3.8) is 0 Å². The Bertz CT molecular complexity index is 704. The van der Waals surface area contributed by atoms with Gasteiger partial charge in [-0.3, -0.25) is 0 Å². The number of aryl methyl sites for hydroxylation is 1. The van der Waals surface area contributed by atoms with E-state index in [4.69, 9.17) is 9.15 Å². The van der Waals surface area contributed by atoms with Crippen molar-refractivity contribution in [2.24, 2.45) is 0 Å². The van der Waals surface area contributed by atoms with E-state index in [1.807, 2.05) is 37.3 Å². The highest BCUT2D eigenvalue weighted by Gasteiger charge is 2.09. The molecule has 0 N–H and O–H groups in total. The van der Waals surface area contributed by atoms with Crippen molar-refractivity contribution in [3.05, 3.63) is 42.4 Å². The smallest absolute Gasteiger partial charge is 0.198 e. The molecule has 0 spiro atoms. The molecular formula is C14H12N2O2. The summed E-state index contributed by atoms with van der Waals surface area (Å²) < 4.78 is 10.8. The lowest BCUT2D eigenvalue weighted by molar-refractivity contribution is 0.416. The van der Waals surface area contributed by atoms with Crippen molar-refractivity contribution in [2.75, 3.05) is 7.11 Å². The second-order valence-corrected chi connectivity index (χ2v) is 3.98. The van der Waals surface area contributed by atoms with Crippen LogP contribution >= 0.6 is 0 Å². The molecule has 18 heavy (non-hydrogen) atoms. The zero-order valence-electron chi connectivity index (χ0n) is 10.2. The van der Waals surface area contributed by atoms with Crippen LogP contribution in [0.15, 0.2) is 40.9 Å². The van der Waals surface area contributed by atoms with Crippen molar-refractivity contribution in [1.82, 2.24) is 9.97 Å². The van der Waals surface area contributed by atoms with Crippen LogP contribution in [-0.4, -0.2) is 17.1 Å². The molecule has 0 atom stereocenters. The van der Waals surface area contributed by atoms with Crippen LogP contribution in [0.25, 0.3) is 22.4 Å². The van der Waals surface area contributed by atoms with E-state index in [0.29, 0.717) is 17.1 Å². The summed E-state index contributed by atoms with van der Waals surface area (Å²) in [5.41, 5.74) is 3.27. The van der Waals surface area contributed by atoms with Gasteiger partial charge in [-0.15, -0.1) is 0 Å². The summed E-state index contributed by atoms with van der Waals surface area (Å²) in [6.07, 6.45) is 1.78. The maximum atomic E-state index is 5.49. The largest absolute Gasteiger partial charge is 0.496 e. The molecule has 0 unspecified atom stereocenters. The molecule has 4 heteroatoms. The van der Waals surface area contributed by atoms with Gasteiger partial charge in [-0.1, -0.05) is 18.2 Å². The van der Waals surface area contributed by atoms with Crippen LogP contribution in [0, 0.1) is 6.92 Å². The number of methoxy groups -OCH3 is 1. The molecule has 0 saturated heterocycles. The first-order valence-electron chi connectivity index (χ1n) is 5.64. The van der Waals surface area contributed by atoms with Gasteiger partial charge in [0, 0.05) is 24.2 Å². The van der Waals surface area contributed by atoms with Crippen molar-refractivity contribution in [1.29, 1.82) is 0 Å². The van der Waals surface area contributed by atoms with E-state index in [9.17, 15) is 0 Å². The van der Waals surface area contributed by atoms with E-state index < -0.39 is 0 Å². The second-order valence-electron chi connectivity index (χ2n) is 3.98. The average Bonchev–Trinajstić information content (AvgIpc) is 2.77. The molecule has 0 aliphatic rings. The zero-order valence-corrected chi connectivity index (χ0v) is 10.2. The van der Waals surface area contributed by atoms with E-state index in [1.165, 1.54) is 0 Å². The third-order valence-electron chi connectivity index (χ3n) is 2.77. The van der Waals surface area contributed by atoms with E-state index in [2.05, 4.69) is 9.97 Å². The summed E-state index contributed by atoms with van der Waals surface area (Å²) in [4.78, 5) is 8.47. The molecule has 3 rings (SSSR count). The fourth-order valence-electron chi connectivity index (χ4n) is 1.96. The summed E-state index contributed by atoms with van der Waals surface area (Å²) >= 11 is 0. The van der Waals surface area contributed by atoms with Gasteiger partial charge in [0.05, 0.1) is 7.11 Å². The van der Waals surface area contributed by atoms with Crippen LogP contribution in [-0.2, 0) is 0 Å². The molecule has 0 radical (unpaired) electrons. The first-order valence-corrected chi connectivity index (χ1v) is 5.64. The molecule has 90 valence electrons. The summed E-state index contributed by atoms with van der Waals surface area (Å²) in [5.74, 6) is 1.43. The van der Waals surface area contributed by atoms with Gasteiger partial charge < -0.3 is 9.15 Å². The van der Waals surface area contributed by atoms with E-state index >= 15 is 0 Å². The molecule has 0 saturated carbocycles. The minimum atomic E-state index is 0.620. The molecule has 0 fully saturated rings. The van der Waals surface area contributed by atoms with Crippen molar-refractivity contribution < 1.29 is 9.15 Å². The number of benzene rings is 1. The third kappa shape index (κ3) is 1.72. The van der Waals surface area contributed by atoms with Gasteiger partial charge in [-0.05, 0) is 12.1 Å². The fourth-order valence-corrected chi connectivity index (χ4v) is 1.96. The molecule has 2 aromatic heterocycles. The molecule has 0 amide bonds. The number of oxazole rings is 1. The lowest BCUT2D eigenvalue weighted by Crippen LogP contribution is -1.88. The van der Waals surface area contributed by atoms with E-state index in [1.54, 1.807) is 13.3 Å². The number of hydrogen-bond acceptors (Lipinski definition) is 4. The number of aromatic nitrogens is 2. The van der Waals surface area contributed by atoms with Crippen LogP contribution in [0.3, 0.4) is 0 Å². The summed E-state index contributed by atoms with van der Waals surface area (Å²) in [6.45, 7) is 1.81. The maximum absolute atomic E-state index is 5.49. The highest BCUT2D eigenvalue weighted by molar-refractivity contribution is 5.78. The van der Waals surface area contributed by atoms with Crippen molar-refractivity contribution >= 4 is 11.2 Å². The normalized spacial score (nSPS) is 10.8. The number of pyridine rings is 1. The Morgan fingerprint density at radius 3 is 2.89 bits per heavy atom. The molecule has 2 heterocycles. The number of para-hydroxylation sites is 1. The van der Waals surface area contributed by atoms with Crippen LogP contribution in [0.2, 0.25) is 0 Å². The highest BCUT2D eigenvalue weighted by atomic mass is 16.5. The standard InChI is InChI=1S/C14H12N2O2/c1-9-16-14-13(18-9)7-10(8-15-14)11-5-3-4-6-12(11)17-2/h3-8H,1-2H3. The Morgan fingerprint density at radius 1 is 1.22 bits per heavy atom. The summed E-state index contributed by atoms with van der Waals surface area (Å²) in [5, 5.41) is 0. The van der Waals surface area contributed by atoms with E-state index in [0.717, 1.165) is 16.9 Å². The summed E-state index contributed by atoms with van der Waals surface area (Å²) in [6, 6.07) is 9.75. The van der Waals surface area contributed by atoms with Gasteiger partial charge in [0.1, 0.15) is 5.75 Å². The number of hydrogen-bond donors (Lipinski definition) is 0. The SMILES string of the molecule is COc1ccccc1-c1cnc2nc(C)oc2c1. The maximum Gasteiger partial charge on any atom is 0.198 e. The number of nitrogens with zero attached hydrogens (tertiary/aromatic N) is 2. The fraction of sp³-hybridized carbons (Fsp3) is 0.143. The topological polar surface area (TPSA) is 48.2 Å². The minimum Gasteiger partial charge on any atom is -0.496 e. The zero-order chi connectivity index (χ0) is 12.5. The van der Waals surface area contributed by atoms with Gasteiger partial charge in [0.2, 0.25) is 0 Å². The van der Waals surface area contributed by atoms with Crippen LogP contribution < -0.4 is 4.74 Å². The third-order valence-corrected chi connectivity index (χ3v) is 2.77. The number of rotatable bonds is 2. The van der Waals surface area contributed by atoms with E-state index in [-0.39, 0.29) is 0 Å². The molecule has 4 nitrogen and oxygen atoms in total. The number of fused-ring (bicyclic) bond motifs is 1. The highest BCUT2D eigenvalue weighted by Crippen LogP contribution is 2.30. The Kier molecular flexibility index (Phi) is 2.48. The van der Waals surface area contributed by atoms with Crippen LogP contribution in [0.4, 0.5) is 0 Å². The number of ether oxygens (including phenoxy) is 1. The molecule has 3 aromatic rings. The predicted octanol–water partition coefficient (Wildman–Crippen LogP) is 3.21. The molecule has 0 bridgehead atoms.